The van der Waals surface area contributed by atoms with Crippen LogP contribution in [-0.2, 0) is 16.0 Å². The molecule has 0 aromatic heterocycles. The highest BCUT2D eigenvalue weighted by Crippen LogP contribution is 2.14. The largest absolute Gasteiger partial charge is 0.497 e. The number of aryl methyl sites for hydroxylation is 1. The molecule has 0 bridgehead atoms. The van der Waals surface area contributed by atoms with Gasteiger partial charge in [0.15, 0.2) is 0 Å². The molecule has 1 rings (SSSR count). The van der Waals surface area contributed by atoms with E-state index in [9.17, 15) is 22.8 Å². The van der Waals surface area contributed by atoms with Gasteiger partial charge in [-0.1, -0.05) is 12.1 Å². The van der Waals surface area contributed by atoms with Crippen molar-refractivity contribution in [1.82, 2.24) is 10.6 Å². The van der Waals surface area contributed by atoms with Crippen molar-refractivity contribution in [3.63, 3.8) is 0 Å². The van der Waals surface area contributed by atoms with Crippen molar-refractivity contribution in [1.29, 1.82) is 0 Å². The zero-order chi connectivity index (χ0) is 16.6. The van der Waals surface area contributed by atoms with E-state index in [2.05, 4.69) is 5.32 Å². The highest BCUT2D eigenvalue weighted by atomic mass is 19.4. The molecule has 0 heterocycles. The molecular weight excluding hydrogens is 301 g/mol. The van der Waals surface area contributed by atoms with Gasteiger partial charge in [0.05, 0.1) is 7.11 Å². The Morgan fingerprint density at radius 2 is 1.86 bits per heavy atom. The molecule has 0 saturated heterocycles. The van der Waals surface area contributed by atoms with Crippen LogP contribution < -0.4 is 15.4 Å². The monoisotopic (exact) mass is 318 g/mol. The fourth-order valence-electron chi connectivity index (χ4n) is 1.65. The summed E-state index contributed by atoms with van der Waals surface area (Å²) in [5, 5.41) is 4.11. The highest BCUT2D eigenvalue weighted by Gasteiger charge is 2.38. The third-order valence-electron chi connectivity index (χ3n) is 2.77. The standard InChI is InChI=1S/C14H17F3N2O3/c1-22-11-4-2-3-10(9-11)5-6-12(20)18-7-8-19-13(21)14(15,16)17/h2-4,9H,5-8H2,1H3,(H,18,20)(H,19,21). The first-order valence-corrected chi connectivity index (χ1v) is 6.57. The lowest BCUT2D eigenvalue weighted by Gasteiger charge is -2.09. The number of methoxy groups -OCH3 is 1. The maximum Gasteiger partial charge on any atom is 0.471 e. The third kappa shape index (κ3) is 6.47. The van der Waals surface area contributed by atoms with Gasteiger partial charge in [-0.2, -0.15) is 13.2 Å². The van der Waals surface area contributed by atoms with E-state index in [1.807, 2.05) is 6.07 Å². The number of carbonyl (C=O) groups excluding carboxylic acids is 2. The second kappa shape index (κ2) is 8.26. The van der Waals surface area contributed by atoms with Gasteiger partial charge < -0.3 is 15.4 Å². The molecule has 0 aliphatic carbocycles. The van der Waals surface area contributed by atoms with Gasteiger partial charge in [-0.15, -0.1) is 0 Å². The Morgan fingerprint density at radius 1 is 1.18 bits per heavy atom. The molecule has 1 aromatic carbocycles. The molecule has 0 unspecified atom stereocenters. The second-order valence-electron chi connectivity index (χ2n) is 4.46. The van der Waals surface area contributed by atoms with Crippen molar-refractivity contribution < 1.29 is 27.5 Å². The predicted molar refractivity (Wildman–Crippen MR) is 73.4 cm³/mol. The highest BCUT2D eigenvalue weighted by molar-refractivity contribution is 5.81. The number of nitrogens with one attached hydrogen (secondary N) is 2. The van der Waals surface area contributed by atoms with Crippen molar-refractivity contribution in [2.45, 2.75) is 19.0 Å². The second-order valence-corrected chi connectivity index (χ2v) is 4.46. The predicted octanol–water partition coefficient (Wildman–Crippen LogP) is 1.42. The molecule has 0 radical (unpaired) electrons. The zero-order valence-electron chi connectivity index (χ0n) is 12.0. The molecule has 2 amide bonds. The molecular formula is C14H17F3N2O3. The van der Waals surface area contributed by atoms with Crippen LogP contribution in [0.2, 0.25) is 0 Å². The van der Waals surface area contributed by atoms with Crippen LogP contribution in [0.4, 0.5) is 13.2 Å². The van der Waals surface area contributed by atoms with Crippen molar-refractivity contribution in [2.24, 2.45) is 0 Å². The van der Waals surface area contributed by atoms with Crippen LogP contribution in [0.5, 0.6) is 5.75 Å². The van der Waals surface area contributed by atoms with Crippen molar-refractivity contribution in [3.8, 4) is 5.75 Å². The van der Waals surface area contributed by atoms with Crippen molar-refractivity contribution in [3.05, 3.63) is 29.8 Å². The van der Waals surface area contributed by atoms with E-state index in [1.54, 1.807) is 30.6 Å². The number of halogens is 3. The Kier molecular flexibility index (Phi) is 6.68. The lowest BCUT2D eigenvalue weighted by Crippen LogP contribution is -2.41. The maximum atomic E-state index is 11.9. The van der Waals surface area contributed by atoms with Gasteiger partial charge >= 0.3 is 12.1 Å². The molecule has 1 aromatic rings. The Hall–Kier alpha value is -2.25. The summed E-state index contributed by atoms with van der Waals surface area (Å²) in [6, 6.07) is 7.24. The summed E-state index contributed by atoms with van der Waals surface area (Å²) in [7, 11) is 1.54. The van der Waals surface area contributed by atoms with Gasteiger partial charge in [0.2, 0.25) is 5.91 Å². The Balaban J connectivity index is 2.22. The Labute approximate surface area is 125 Å². The van der Waals surface area contributed by atoms with Crippen molar-refractivity contribution >= 4 is 11.8 Å². The first-order chi connectivity index (χ1) is 10.3. The first-order valence-electron chi connectivity index (χ1n) is 6.57. The van der Waals surface area contributed by atoms with Gasteiger partial charge in [-0.3, -0.25) is 9.59 Å². The van der Waals surface area contributed by atoms with Crippen LogP contribution in [0.15, 0.2) is 24.3 Å². The van der Waals surface area contributed by atoms with E-state index in [-0.39, 0.29) is 25.4 Å². The molecule has 0 aliphatic heterocycles. The average Bonchev–Trinajstić information content (AvgIpc) is 2.48. The van der Waals surface area contributed by atoms with Crippen LogP contribution >= 0.6 is 0 Å². The third-order valence-corrected chi connectivity index (χ3v) is 2.77. The summed E-state index contributed by atoms with van der Waals surface area (Å²) in [4.78, 5) is 22.1. The lowest BCUT2D eigenvalue weighted by molar-refractivity contribution is -0.173. The smallest absolute Gasteiger partial charge is 0.471 e. The number of rotatable bonds is 7. The van der Waals surface area contributed by atoms with Crippen LogP contribution in [0.3, 0.4) is 0 Å². The first kappa shape index (κ1) is 17.8. The van der Waals surface area contributed by atoms with E-state index < -0.39 is 12.1 Å². The van der Waals surface area contributed by atoms with E-state index in [0.717, 1.165) is 5.56 Å². The quantitative estimate of drug-likeness (QED) is 0.747. The van der Waals surface area contributed by atoms with Gasteiger partial charge in [-0.25, -0.2) is 0 Å². The van der Waals surface area contributed by atoms with E-state index in [1.165, 1.54) is 0 Å². The Morgan fingerprint density at radius 3 is 2.50 bits per heavy atom. The summed E-state index contributed by atoms with van der Waals surface area (Å²) < 4.78 is 40.7. The van der Waals surface area contributed by atoms with Crippen molar-refractivity contribution in [2.75, 3.05) is 20.2 Å². The topological polar surface area (TPSA) is 67.4 Å². The molecule has 0 aliphatic rings. The minimum atomic E-state index is -4.91. The number of benzene rings is 1. The number of hydrogen-bond donors (Lipinski definition) is 2. The van der Waals surface area contributed by atoms with E-state index in [4.69, 9.17) is 4.74 Å². The number of carbonyl (C=O) groups is 2. The van der Waals surface area contributed by atoms with Crippen LogP contribution in [0, 0.1) is 0 Å². The fourth-order valence-corrected chi connectivity index (χ4v) is 1.65. The number of hydrogen-bond acceptors (Lipinski definition) is 3. The average molecular weight is 318 g/mol. The molecule has 122 valence electrons. The van der Waals surface area contributed by atoms with Gasteiger partial charge in [0, 0.05) is 19.5 Å². The van der Waals surface area contributed by atoms with E-state index >= 15 is 0 Å². The van der Waals surface area contributed by atoms with Gasteiger partial charge in [0.1, 0.15) is 5.75 Å². The summed E-state index contributed by atoms with van der Waals surface area (Å²) in [5.41, 5.74) is 0.917. The molecule has 22 heavy (non-hydrogen) atoms. The molecule has 5 nitrogen and oxygen atoms in total. The normalized spacial score (nSPS) is 10.9. The molecule has 2 N–H and O–H groups in total. The summed E-state index contributed by atoms with van der Waals surface area (Å²) in [6.45, 7) is -0.331. The summed E-state index contributed by atoms with van der Waals surface area (Å²) in [6.07, 6.45) is -4.23. The Bertz CT molecular complexity index is 518. The van der Waals surface area contributed by atoms with E-state index in [0.29, 0.717) is 12.2 Å². The number of alkyl halides is 3. The summed E-state index contributed by atoms with van der Waals surface area (Å²) >= 11 is 0. The van der Waals surface area contributed by atoms with Crippen LogP contribution in [-0.4, -0.2) is 38.2 Å². The molecule has 0 spiro atoms. The van der Waals surface area contributed by atoms with Crippen LogP contribution in [0.1, 0.15) is 12.0 Å². The molecule has 8 heteroatoms. The molecule has 0 fully saturated rings. The number of ether oxygens (including phenoxy) is 1. The van der Waals surface area contributed by atoms with Crippen LogP contribution in [0.25, 0.3) is 0 Å². The molecule has 0 atom stereocenters. The SMILES string of the molecule is COc1cccc(CCC(=O)NCCNC(=O)C(F)(F)F)c1. The molecule has 0 saturated carbocycles. The minimum absolute atomic E-state index is 0.0568. The van der Waals surface area contributed by atoms with Gasteiger partial charge in [-0.05, 0) is 24.1 Å². The van der Waals surface area contributed by atoms with Gasteiger partial charge in [0.25, 0.3) is 0 Å². The minimum Gasteiger partial charge on any atom is -0.497 e. The maximum absolute atomic E-state index is 11.9. The summed E-state index contributed by atoms with van der Waals surface area (Å²) in [5.74, 6) is -1.63. The fraction of sp³-hybridized carbons (Fsp3) is 0.429. The lowest BCUT2D eigenvalue weighted by atomic mass is 10.1. The zero-order valence-corrected chi connectivity index (χ0v) is 12.0. The number of amides is 2.